The Morgan fingerprint density at radius 3 is 2.68 bits per heavy atom. The van der Waals surface area contributed by atoms with Crippen molar-refractivity contribution >= 4 is 0 Å². The smallest absolute Gasteiger partial charge is 0.0654 e. The molecule has 0 aliphatic carbocycles. The molecule has 1 unspecified atom stereocenters. The molecule has 2 saturated heterocycles. The van der Waals surface area contributed by atoms with E-state index in [0.29, 0.717) is 0 Å². The summed E-state index contributed by atoms with van der Waals surface area (Å²) < 4.78 is 5.62. The molecule has 1 aromatic rings. The Bertz CT molecular complexity index is 490. The van der Waals surface area contributed by atoms with Crippen LogP contribution < -0.4 is 5.32 Å². The van der Waals surface area contributed by atoms with Crippen LogP contribution in [0.3, 0.4) is 0 Å². The van der Waals surface area contributed by atoms with E-state index in [1.54, 1.807) is 0 Å². The van der Waals surface area contributed by atoms with Gasteiger partial charge in [0.25, 0.3) is 0 Å². The molecule has 3 heterocycles. The second-order valence-corrected chi connectivity index (χ2v) is 6.44. The molecule has 0 radical (unpaired) electrons. The Morgan fingerprint density at radius 1 is 1.32 bits per heavy atom. The van der Waals surface area contributed by atoms with Crippen molar-refractivity contribution in [3.63, 3.8) is 0 Å². The summed E-state index contributed by atoms with van der Waals surface area (Å²) in [6, 6.07) is 6.23. The quantitative estimate of drug-likeness (QED) is 0.907. The van der Waals surface area contributed by atoms with Crippen molar-refractivity contribution < 1.29 is 4.74 Å². The van der Waals surface area contributed by atoms with Crippen LogP contribution in [-0.2, 0) is 4.74 Å². The van der Waals surface area contributed by atoms with Gasteiger partial charge in [0.05, 0.1) is 17.3 Å². The first-order chi connectivity index (χ1) is 10.7. The molecular formula is C18H27N3O. The van der Waals surface area contributed by atoms with E-state index in [2.05, 4.69) is 34.8 Å². The van der Waals surface area contributed by atoms with E-state index in [9.17, 15) is 0 Å². The summed E-state index contributed by atoms with van der Waals surface area (Å²) in [4.78, 5) is 7.08. The van der Waals surface area contributed by atoms with Gasteiger partial charge in [-0.2, -0.15) is 0 Å². The monoisotopic (exact) mass is 301 g/mol. The van der Waals surface area contributed by atoms with Gasteiger partial charge < -0.3 is 10.1 Å². The van der Waals surface area contributed by atoms with Crippen LogP contribution in [0, 0.1) is 0 Å². The molecule has 0 aromatic carbocycles. The average Bonchev–Trinajstić information content (AvgIpc) is 3.11. The SMILES string of the molecule is C=C(NC(C)c1ccccn1)C1(N2CCCC2)CCOCC1. The molecule has 3 rings (SSSR count). The van der Waals surface area contributed by atoms with Gasteiger partial charge in [-0.05, 0) is 57.8 Å². The van der Waals surface area contributed by atoms with Gasteiger partial charge in [-0.25, -0.2) is 0 Å². The van der Waals surface area contributed by atoms with E-state index in [0.717, 1.165) is 37.4 Å². The number of hydrogen-bond acceptors (Lipinski definition) is 4. The van der Waals surface area contributed by atoms with E-state index < -0.39 is 0 Å². The molecule has 0 saturated carbocycles. The molecule has 2 aliphatic rings. The average molecular weight is 301 g/mol. The van der Waals surface area contributed by atoms with Crippen molar-refractivity contribution in [2.24, 2.45) is 0 Å². The Balaban J connectivity index is 1.74. The summed E-state index contributed by atoms with van der Waals surface area (Å²) in [5.41, 5.74) is 2.25. The molecule has 4 nitrogen and oxygen atoms in total. The predicted octanol–water partition coefficient (Wildman–Crippen LogP) is 2.89. The summed E-state index contributed by atoms with van der Waals surface area (Å²) in [5, 5.41) is 3.63. The predicted molar refractivity (Wildman–Crippen MR) is 88.5 cm³/mol. The molecule has 0 amide bonds. The van der Waals surface area contributed by atoms with Crippen molar-refractivity contribution in [1.29, 1.82) is 0 Å². The lowest BCUT2D eigenvalue weighted by Crippen LogP contribution is -2.55. The molecule has 0 bridgehead atoms. The van der Waals surface area contributed by atoms with E-state index in [-0.39, 0.29) is 11.6 Å². The summed E-state index contributed by atoms with van der Waals surface area (Å²) in [7, 11) is 0. The van der Waals surface area contributed by atoms with Crippen molar-refractivity contribution in [3.8, 4) is 0 Å². The number of ether oxygens (including phenoxy) is 1. The lowest BCUT2D eigenvalue weighted by molar-refractivity contribution is -0.00309. The molecule has 120 valence electrons. The van der Waals surface area contributed by atoms with Gasteiger partial charge in [-0.15, -0.1) is 0 Å². The number of likely N-dealkylation sites (tertiary alicyclic amines) is 1. The Labute approximate surface area is 133 Å². The van der Waals surface area contributed by atoms with Gasteiger partial charge in [0.15, 0.2) is 0 Å². The van der Waals surface area contributed by atoms with Gasteiger partial charge in [0.1, 0.15) is 0 Å². The van der Waals surface area contributed by atoms with E-state index in [1.807, 2.05) is 18.3 Å². The number of nitrogens with zero attached hydrogens (tertiary/aromatic N) is 2. The van der Waals surface area contributed by atoms with Crippen LogP contribution in [0.4, 0.5) is 0 Å². The minimum atomic E-state index is 0.0534. The van der Waals surface area contributed by atoms with Crippen LogP contribution in [0.25, 0.3) is 0 Å². The summed E-state index contributed by atoms with van der Waals surface area (Å²) in [6.07, 6.45) is 6.51. The van der Waals surface area contributed by atoms with E-state index in [4.69, 9.17) is 4.74 Å². The lowest BCUT2D eigenvalue weighted by atomic mass is 9.84. The molecule has 1 atom stereocenters. The van der Waals surface area contributed by atoms with Gasteiger partial charge in [-0.1, -0.05) is 12.6 Å². The maximum Gasteiger partial charge on any atom is 0.0654 e. The van der Waals surface area contributed by atoms with Crippen molar-refractivity contribution in [2.75, 3.05) is 26.3 Å². The maximum absolute atomic E-state index is 5.62. The van der Waals surface area contributed by atoms with Crippen LogP contribution in [0.2, 0.25) is 0 Å². The molecule has 22 heavy (non-hydrogen) atoms. The first kappa shape index (κ1) is 15.5. The third kappa shape index (κ3) is 3.03. The fourth-order valence-electron chi connectivity index (χ4n) is 3.76. The van der Waals surface area contributed by atoms with Crippen LogP contribution >= 0.6 is 0 Å². The lowest BCUT2D eigenvalue weighted by Gasteiger charge is -2.46. The fourth-order valence-corrected chi connectivity index (χ4v) is 3.76. The Hall–Kier alpha value is -1.39. The fraction of sp³-hybridized carbons (Fsp3) is 0.611. The minimum Gasteiger partial charge on any atom is -0.381 e. The maximum atomic E-state index is 5.62. The van der Waals surface area contributed by atoms with Crippen LogP contribution in [0.5, 0.6) is 0 Å². The number of rotatable bonds is 5. The van der Waals surface area contributed by atoms with Crippen LogP contribution in [-0.4, -0.2) is 41.7 Å². The highest BCUT2D eigenvalue weighted by molar-refractivity contribution is 5.20. The van der Waals surface area contributed by atoms with E-state index >= 15 is 0 Å². The van der Waals surface area contributed by atoms with Crippen LogP contribution in [0.15, 0.2) is 36.7 Å². The highest BCUT2D eigenvalue weighted by Crippen LogP contribution is 2.36. The Morgan fingerprint density at radius 2 is 2.05 bits per heavy atom. The zero-order valence-corrected chi connectivity index (χ0v) is 13.6. The third-order valence-corrected chi connectivity index (χ3v) is 5.12. The largest absolute Gasteiger partial charge is 0.381 e. The second-order valence-electron chi connectivity index (χ2n) is 6.44. The number of hydrogen-bond donors (Lipinski definition) is 1. The van der Waals surface area contributed by atoms with Gasteiger partial charge in [0, 0.05) is 25.1 Å². The summed E-state index contributed by atoms with van der Waals surface area (Å²) in [5.74, 6) is 0. The molecular weight excluding hydrogens is 274 g/mol. The van der Waals surface area contributed by atoms with Gasteiger partial charge >= 0.3 is 0 Å². The second kappa shape index (κ2) is 6.80. The van der Waals surface area contributed by atoms with Crippen LogP contribution in [0.1, 0.15) is 44.3 Å². The van der Waals surface area contributed by atoms with Crippen molar-refractivity contribution in [2.45, 2.75) is 44.2 Å². The van der Waals surface area contributed by atoms with Crippen molar-refractivity contribution in [1.82, 2.24) is 15.2 Å². The van der Waals surface area contributed by atoms with Crippen molar-refractivity contribution in [3.05, 3.63) is 42.4 Å². The third-order valence-electron chi connectivity index (χ3n) is 5.12. The topological polar surface area (TPSA) is 37.4 Å². The molecule has 0 spiro atoms. The standard InChI is InChI=1S/C18H27N3O/c1-15(17-7-3-4-10-19-17)20-16(2)18(8-13-22-14-9-18)21-11-5-6-12-21/h3-4,7,10,15,20H,2,5-6,8-9,11-14H2,1H3. The first-order valence-electron chi connectivity index (χ1n) is 8.42. The minimum absolute atomic E-state index is 0.0534. The summed E-state index contributed by atoms with van der Waals surface area (Å²) >= 11 is 0. The zero-order valence-electron chi connectivity index (χ0n) is 13.6. The molecule has 2 fully saturated rings. The zero-order chi connectivity index (χ0) is 15.4. The molecule has 1 aromatic heterocycles. The van der Waals surface area contributed by atoms with Gasteiger partial charge in [-0.3, -0.25) is 9.88 Å². The number of aromatic nitrogens is 1. The summed E-state index contributed by atoms with van der Waals surface area (Å²) in [6.45, 7) is 10.6. The highest BCUT2D eigenvalue weighted by atomic mass is 16.5. The van der Waals surface area contributed by atoms with E-state index in [1.165, 1.54) is 25.9 Å². The molecule has 2 aliphatic heterocycles. The normalized spacial score (nSPS) is 23.1. The molecule has 4 heteroatoms. The number of nitrogens with one attached hydrogen (secondary N) is 1. The Kier molecular flexibility index (Phi) is 4.79. The highest BCUT2D eigenvalue weighted by Gasteiger charge is 2.42. The molecule has 1 N–H and O–H groups in total. The first-order valence-corrected chi connectivity index (χ1v) is 8.42. The number of pyridine rings is 1. The van der Waals surface area contributed by atoms with Gasteiger partial charge in [0.2, 0.25) is 0 Å².